The SMILES string of the molecule is O=C(Nc1cc(Cl)cc(Cl)c1)c1cc(Cl)c(=O)n(Cc2ccccc2)c1. The molecular formula is C19H13Cl3N2O2. The molecule has 3 aromatic rings. The van der Waals surface area contributed by atoms with Gasteiger partial charge in [0, 0.05) is 21.9 Å². The van der Waals surface area contributed by atoms with E-state index in [0.29, 0.717) is 22.3 Å². The van der Waals surface area contributed by atoms with Crippen molar-refractivity contribution in [2.45, 2.75) is 6.54 Å². The molecule has 1 amide bonds. The molecule has 1 heterocycles. The summed E-state index contributed by atoms with van der Waals surface area (Å²) in [6.07, 6.45) is 1.47. The van der Waals surface area contributed by atoms with Gasteiger partial charge in [0.25, 0.3) is 11.5 Å². The fourth-order valence-electron chi connectivity index (χ4n) is 2.45. The van der Waals surface area contributed by atoms with Gasteiger partial charge in [0.2, 0.25) is 0 Å². The monoisotopic (exact) mass is 406 g/mol. The van der Waals surface area contributed by atoms with Crippen molar-refractivity contribution >= 4 is 46.4 Å². The number of pyridine rings is 1. The molecule has 1 aromatic heterocycles. The van der Waals surface area contributed by atoms with Gasteiger partial charge >= 0.3 is 0 Å². The first-order valence-electron chi connectivity index (χ1n) is 7.64. The van der Waals surface area contributed by atoms with Crippen molar-refractivity contribution in [3.63, 3.8) is 0 Å². The molecule has 0 radical (unpaired) electrons. The molecule has 0 aliphatic heterocycles. The first kappa shape index (κ1) is 18.5. The summed E-state index contributed by atoms with van der Waals surface area (Å²) >= 11 is 17.9. The number of benzene rings is 2. The van der Waals surface area contributed by atoms with Crippen molar-refractivity contribution in [3.8, 4) is 0 Å². The van der Waals surface area contributed by atoms with Gasteiger partial charge in [-0.1, -0.05) is 65.1 Å². The van der Waals surface area contributed by atoms with E-state index in [1.165, 1.54) is 16.8 Å². The van der Waals surface area contributed by atoms with Crippen molar-refractivity contribution < 1.29 is 4.79 Å². The summed E-state index contributed by atoms with van der Waals surface area (Å²) in [4.78, 5) is 24.8. The topological polar surface area (TPSA) is 51.1 Å². The molecule has 0 fully saturated rings. The second-order valence-corrected chi connectivity index (χ2v) is 6.89. The van der Waals surface area contributed by atoms with Gasteiger partial charge < -0.3 is 9.88 Å². The van der Waals surface area contributed by atoms with E-state index in [0.717, 1.165) is 5.56 Å². The molecule has 7 heteroatoms. The molecule has 4 nitrogen and oxygen atoms in total. The fourth-order valence-corrected chi connectivity index (χ4v) is 3.20. The lowest BCUT2D eigenvalue weighted by Crippen LogP contribution is -2.24. The molecule has 0 saturated heterocycles. The molecule has 0 unspecified atom stereocenters. The van der Waals surface area contributed by atoms with E-state index in [9.17, 15) is 9.59 Å². The molecule has 3 rings (SSSR count). The predicted octanol–water partition coefficient (Wildman–Crippen LogP) is 5.11. The number of carbonyl (C=O) groups is 1. The van der Waals surface area contributed by atoms with Crippen LogP contribution in [0.1, 0.15) is 15.9 Å². The van der Waals surface area contributed by atoms with Crippen LogP contribution in [0.5, 0.6) is 0 Å². The molecule has 0 aliphatic rings. The van der Waals surface area contributed by atoms with Crippen LogP contribution >= 0.6 is 34.8 Å². The van der Waals surface area contributed by atoms with Crippen LogP contribution in [-0.4, -0.2) is 10.5 Å². The number of nitrogens with one attached hydrogen (secondary N) is 1. The minimum atomic E-state index is -0.424. The van der Waals surface area contributed by atoms with E-state index in [1.54, 1.807) is 18.2 Å². The van der Waals surface area contributed by atoms with Crippen LogP contribution in [0.15, 0.2) is 65.6 Å². The zero-order valence-corrected chi connectivity index (χ0v) is 15.6. The Labute approximate surface area is 164 Å². The van der Waals surface area contributed by atoms with E-state index in [2.05, 4.69) is 5.32 Å². The Balaban J connectivity index is 1.90. The second kappa shape index (κ2) is 7.96. The van der Waals surface area contributed by atoms with Gasteiger partial charge in [-0.25, -0.2) is 0 Å². The Bertz CT molecular complexity index is 997. The van der Waals surface area contributed by atoms with Gasteiger partial charge in [0.15, 0.2) is 0 Å². The van der Waals surface area contributed by atoms with E-state index in [-0.39, 0.29) is 16.1 Å². The van der Waals surface area contributed by atoms with Gasteiger partial charge in [-0.3, -0.25) is 9.59 Å². The number of nitrogens with zero attached hydrogens (tertiary/aromatic N) is 1. The van der Waals surface area contributed by atoms with Crippen LogP contribution in [-0.2, 0) is 6.54 Å². The summed E-state index contributed by atoms with van der Waals surface area (Å²) < 4.78 is 1.40. The number of hydrogen-bond donors (Lipinski definition) is 1. The van der Waals surface area contributed by atoms with E-state index in [1.807, 2.05) is 30.3 Å². The minimum Gasteiger partial charge on any atom is -0.322 e. The molecule has 0 saturated carbocycles. The van der Waals surface area contributed by atoms with Crippen LogP contribution in [0.3, 0.4) is 0 Å². The van der Waals surface area contributed by atoms with Gasteiger partial charge in [-0.05, 0) is 29.8 Å². The average molecular weight is 408 g/mol. The lowest BCUT2D eigenvalue weighted by molar-refractivity contribution is 0.102. The molecular weight excluding hydrogens is 395 g/mol. The largest absolute Gasteiger partial charge is 0.322 e. The number of amides is 1. The van der Waals surface area contributed by atoms with Gasteiger partial charge in [0.05, 0.1) is 12.1 Å². The highest BCUT2D eigenvalue weighted by Crippen LogP contribution is 2.23. The number of hydrogen-bond acceptors (Lipinski definition) is 2. The molecule has 132 valence electrons. The van der Waals surface area contributed by atoms with Crippen molar-refractivity contribution in [2.75, 3.05) is 5.32 Å². The second-order valence-electron chi connectivity index (χ2n) is 5.61. The van der Waals surface area contributed by atoms with Gasteiger partial charge in [0.1, 0.15) is 5.02 Å². The quantitative estimate of drug-likeness (QED) is 0.653. The highest BCUT2D eigenvalue weighted by Gasteiger charge is 2.12. The number of carbonyl (C=O) groups excluding carboxylic acids is 1. The number of halogens is 3. The van der Waals surface area contributed by atoms with Crippen LogP contribution in [0.25, 0.3) is 0 Å². The molecule has 0 spiro atoms. The molecule has 0 atom stereocenters. The van der Waals surface area contributed by atoms with Crippen molar-refractivity contribution in [1.82, 2.24) is 4.57 Å². The maximum atomic E-state index is 12.5. The van der Waals surface area contributed by atoms with Crippen LogP contribution < -0.4 is 10.9 Å². The third-order valence-electron chi connectivity index (χ3n) is 3.62. The van der Waals surface area contributed by atoms with Gasteiger partial charge in [-0.15, -0.1) is 0 Å². The lowest BCUT2D eigenvalue weighted by atomic mass is 10.2. The van der Waals surface area contributed by atoms with Crippen LogP contribution in [0.2, 0.25) is 15.1 Å². The van der Waals surface area contributed by atoms with Crippen molar-refractivity contribution in [3.05, 3.63) is 97.3 Å². The zero-order valence-electron chi connectivity index (χ0n) is 13.4. The number of anilines is 1. The minimum absolute atomic E-state index is 0.0299. The Morgan fingerprint density at radius 3 is 2.27 bits per heavy atom. The first-order chi connectivity index (χ1) is 12.4. The summed E-state index contributed by atoms with van der Waals surface area (Å²) in [5, 5.41) is 3.47. The Morgan fingerprint density at radius 2 is 1.62 bits per heavy atom. The molecule has 0 bridgehead atoms. The summed E-state index contributed by atoms with van der Waals surface area (Å²) in [7, 11) is 0. The zero-order chi connectivity index (χ0) is 18.7. The maximum Gasteiger partial charge on any atom is 0.269 e. The number of aromatic nitrogens is 1. The normalized spacial score (nSPS) is 10.6. The highest BCUT2D eigenvalue weighted by molar-refractivity contribution is 6.35. The third kappa shape index (κ3) is 4.47. The van der Waals surface area contributed by atoms with Gasteiger partial charge in [-0.2, -0.15) is 0 Å². The van der Waals surface area contributed by atoms with E-state index >= 15 is 0 Å². The van der Waals surface area contributed by atoms with Crippen molar-refractivity contribution in [2.24, 2.45) is 0 Å². The van der Waals surface area contributed by atoms with Crippen molar-refractivity contribution in [1.29, 1.82) is 0 Å². The smallest absolute Gasteiger partial charge is 0.269 e. The third-order valence-corrected chi connectivity index (χ3v) is 4.33. The van der Waals surface area contributed by atoms with E-state index < -0.39 is 5.91 Å². The molecule has 0 aliphatic carbocycles. The standard InChI is InChI=1S/C19H13Cl3N2O2/c20-14-7-15(21)9-16(8-14)23-18(25)13-6-17(22)19(26)24(11-13)10-12-4-2-1-3-5-12/h1-9,11H,10H2,(H,23,25). The summed E-state index contributed by atoms with van der Waals surface area (Å²) in [6.45, 7) is 0.309. The van der Waals surface area contributed by atoms with Crippen LogP contribution in [0.4, 0.5) is 5.69 Å². The molecule has 26 heavy (non-hydrogen) atoms. The van der Waals surface area contributed by atoms with Crippen LogP contribution in [0, 0.1) is 0 Å². The lowest BCUT2D eigenvalue weighted by Gasteiger charge is -2.11. The molecule has 1 N–H and O–H groups in total. The molecule has 2 aromatic carbocycles. The first-order valence-corrected chi connectivity index (χ1v) is 8.77. The Morgan fingerprint density at radius 1 is 0.962 bits per heavy atom. The van der Waals surface area contributed by atoms with E-state index in [4.69, 9.17) is 34.8 Å². The summed E-state index contributed by atoms with van der Waals surface area (Å²) in [6, 6.07) is 15.5. The summed E-state index contributed by atoms with van der Waals surface area (Å²) in [5.74, 6) is -0.424. The predicted molar refractivity (Wildman–Crippen MR) is 106 cm³/mol. The Hall–Kier alpha value is -2.27. The Kier molecular flexibility index (Phi) is 5.67. The number of rotatable bonds is 4. The maximum absolute atomic E-state index is 12.5. The highest BCUT2D eigenvalue weighted by atomic mass is 35.5. The fraction of sp³-hybridized carbons (Fsp3) is 0.0526. The average Bonchev–Trinajstić information content (AvgIpc) is 2.58. The summed E-state index contributed by atoms with van der Waals surface area (Å²) in [5.41, 5.74) is 1.26.